The quantitative estimate of drug-likeness (QED) is 0.587. The van der Waals surface area contributed by atoms with Crippen LogP contribution in [0.3, 0.4) is 0 Å². The highest BCUT2D eigenvalue weighted by atomic mass is 16.5. The Hall–Kier alpha value is -3.62. The van der Waals surface area contributed by atoms with Crippen LogP contribution in [0.25, 0.3) is 11.4 Å². The van der Waals surface area contributed by atoms with Crippen molar-refractivity contribution in [2.45, 2.75) is 33.1 Å². The van der Waals surface area contributed by atoms with Crippen molar-refractivity contribution in [2.75, 3.05) is 7.11 Å². The van der Waals surface area contributed by atoms with Gasteiger partial charge in [0.1, 0.15) is 17.3 Å². The first-order chi connectivity index (χ1) is 14.0. The summed E-state index contributed by atoms with van der Waals surface area (Å²) in [7, 11) is 1.60. The molecule has 0 unspecified atom stereocenters. The number of hydrazine groups is 1. The first-order valence-corrected chi connectivity index (χ1v) is 9.09. The molecule has 2 amide bonds. The second-order valence-electron chi connectivity index (χ2n) is 6.42. The third kappa shape index (κ3) is 5.22. The van der Waals surface area contributed by atoms with Gasteiger partial charge in [-0.1, -0.05) is 5.16 Å². The molecule has 3 rings (SSSR count). The molecule has 2 heterocycles. The van der Waals surface area contributed by atoms with Crippen LogP contribution in [-0.2, 0) is 11.2 Å². The number of amides is 2. The van der Waals surface area contributed by atoms with Crippen molar-refractivity contribution < 1.29 is 23.3 Å². The smallest absolute Gasteiger partial charge is 0.273 e. The monoisotopic (exact) mass is 398 g/mol. The first-order valence-electron chi connectivity index (χ1n) is 9.09. The van der Waals surface area contributed by atoms with Crippen LogP contribution in [0, 0.1) is 13.8 Å². The molecule has 0 radical (unpaired) electrons. The number of benzene rings is 1. The zero-order chi connectivity index (χ0) is 20.8. The molecule has 9 nitrogen and oxygen atoms in total. The average Bonchev–Trinajstić information content (AvgIpc) is 3.32. The van der Waals surface area contributed by atoms with E-state index in [0.717, 1.165) is 11.3 Å². The van der Waals surface area contributed by atoms with Gasteiger partial charge in [0.25, 0.3) is 5.91 Å². The van der Waals surface area contributed by atoms with Gasteiger partial charge < -0.3 is 13.7 Å². The SMILES string of the molecule is COc1ccc(-c2noc(CCCC(=O)NNC(=O)c3cc(C)oc3C)n2)cc1. The van der Waals surface area contributed by atoms with E-state index in [1.54, 1.807) is 27.0 Å². The number of hydrogen-bond donors (Lipinski definition) is 2. The van der Waals surface area contributed by atoms with Crippen LogP contribution in [0.4, 0.5) is 0 Å². The number of furan rings is 1. The van der Waals surface area contributed by atoms with Gasteiger partial charge in [0.05, 0.1) is 12.7 Å². The van der Waals surface area contributed by atoms with Crippen molar-refractivity contribution in [3.63, 3.8) is 0 Å². The molecule has 2 N–H and O–H groups in total. The molecule has 29 heavy (non-hydrogen) atoms. The highest BCUT2D eigenvalue weighted by Crippen LogP contribution is 2.20. The highest BCUT2D eigenvalue weighted by molar-refractivity contribution is 5.96. The number of nitrogens with one attached hydrogen (secondary N) is 2. The normalized spacial score (nSPS) is 10.6. The predicted molar refractivity (Wildman–Crippen MR) is 103 cm³/mol. The number of hydrogen-bond acceptors (Lipinski definition) is 7. The Balaban J connectivity index is 1.42. The van der Waals surface area contributed by atoms with Gasteiger partial charge in [0.2, 0.25) is 17.6 Å². The molecule has 0 aliphatic carbocycles. The van der Waals surface area contributed by atoms with Gasteiger partial charge in [-0.25, -0.2) is 0 Å². The largest absolute Gasteiger partial charge is 0.497 e. The molecule has 0 atom stereocenters. The Labute approximate surface area is 167 Å². The van der Waals surface area contributed by atoms with E-state index >= 15 is 0 Å². The molecule has 0 bridgehead atoms. The van der Waals surface area contributed by atoms with E-state index in [1.807, 2.05) is 24.3 Å². The Morgan fingerprint density at radius 2 is 1.90 bits per heavy atom. The summed E-state index contributed by atoms with van der Waals surface area (Å²) in [5.41, 5.74) is 5.96. The van der Waals surface area contributed by atoms with E-state index in [0.29, 0.717) is 41.6 Å². The fourth-order valence-electron chi connectivity index (χ4n) is 2.73. The van der Waals surface area contributed by atoms with Gasteiger partial charge >= 0.3 is 0 Å². The number of aromatic nitrogens is 2. The molecule has 0 fully saturated rings. The van der Waals surface area contributed by atoms with Crippen molar-refractivity contribution in [3.8, 4) is 17.1 Å². The molecule has 0 saturated carbocycles. The lowest BCUT2D eigenvalue weighted by Gasteiger charge is -2.06. The summed E-state index contributed by atoms with van der Waals surface area (Å²) >= 11 is 0. The third-order valence-corrected chi connectivity index (χ3v) is 4.21. The number of ether oxygens (including phenoxy) is 1. The maximum absolute atomic E-state index is 12.0. The van der Waals surface area contributed by atoms with Gasteiger partial charge in [-0.3, -0.25) is 20.4 Å². The molecule has 1 aromatic carbocycles. The van der Waals surface area contributed by atoms with E-state index in [4.69, 9.17) is 13.7 Å². The lowest BCUT2D eigenvalue weighted by molar-refractivity contribution is -0.121. The molecular weight excluding hydrogens is 376 g/mol. The summed E-state index contributed by atoms with van der Waals surface area (Å²) in [5.74, 6) is 2.06. The van der Waals surface area contributed by atoms with Gasteiger partial charge in [0.15, 0.2) is 0 Å². The summed E-state index contributed by atoms with van der Waals surface area (Å²) in [4.78, 5) is 28.3. The van der Waals surface area contributed by atoms with E-state index in [-0.39, 0.29) is 12.3 Å². The zero-order valence-corrected chi connectivity index (χ0v) is 16.4. The lowest BCUT2D eigenvalue weighted by atomic mass is 10.2. The van der Waals surface area contributed by atoms with Gasteiger partial charge in [-0.15, -0.1) is 0 Å². The maximum atomic E-state index is 12.0. The van der Waals surface area contributed by atoms with Crippen LogP contribution in [0.15, 0.2) is 39.3 Å². The zero-order valence-electron chi connectivity index (χ0n) is 16.4. The Bertz CT molecular complexity index is 991. The fourth-order valence-corrected chi connectivity index (χ4v) is 2.73. The van der Waals surface area contributed by atoms with Crippen molar-refractivity contribution in [1.29, 1.82) is 0 Å². The number of carbonyl (C=O) groups excluding carboxylic acids is 2. The van der Waals surface area contributed by atoms with Crippen LogP contribution in [-0.4, -0.2) is 29.1 Å². The predicted octanol–water partition coefficient (Wildman–Crippen LogP) is 2.74. The summed E-state index contributed by atoms with van der Waals surface area (Å²) < 4.78 is 15.6. The molecule has 0 saturated heterocycles. The minimum Gasteiger partial charge on any atom is -0.497 e. The summed E-state index contributed by atoms with van der Waals surface area (Å²) in [6.45, 7) is 3.44. The van der Waals surface area contributed by atoms with Crippen LogP contribution >= 0.6 is 0 Å². The second kappa shape index (κ2) is 9.05. The topological polar surface area (TPSA) is 119 Å². The van der Waals surface area contributed by atoms with Gasteiger partial charge in [-0.2, -0.15) is 4.98 Å². The number of nitrogens with zero attached hydrogens (tertiary/aromatic N) is 2. The van der Waals surface area contributed by atoms with E-state index in [9.17, 15) is 9.59 Å². The van der Waals surface area contributed by atoms with Crippen LogP contribution in [0.2, 0.25) is 0 Å². The molecule has 0 aliphatic heterocycles. The van der Waals surface area contributed by atoms with E-state index in [2.05, 4.69) is 21.0 Å². The number of aryl methyl sites for hydroxylation is 3. The molecule has 9 heteroatoms. The number of carbonyl (C=O) groups is 2. The van der Waals surface area contributed by atoms with E-state index in [1.165, 1.54) is 0 Å². The summed E-state index contributed by atoms with van der Waals surface area (Å²) in [5, 5.41) is 3.95. The van der Waals surface area contributed by atoms with E-state index < -0.39 is 5.91 Å². The summed E-state index contributed by atoms with van der Waals surface area (Å²) in [6.07, 6.45) is 1.14. The Kier molecular flexibility index (Phi) is 6.28. The fraction of sp³-hybridized carbons (Fsp3) is 0.300. The minimum atomic E-state index is -0.422. The highest BCUT2D eigenvalue weighted by Gasteiger charge is 2.14. The maximum Gasteiger partial charge on any atom is 0.273 e. The molecular formula is C20H22N4O5. The Morgan fingerprint density at radius 3 is 2.55 bits per heavy atom. The second-order valence-corrected chi connectivity index (χ2v) is 6.42. The van der Waals surface area contributed by atoms with Crippen molar-refractivity contribution in [2.24, 2.45) is 0 Å². The van der Waals surface area contributed by atoms with Crippen molar-refractivity contribution >= 4 is 11.8 Å². The first kappa shape index (κ1) is 20.1. The number of methoxy groups -OCH3 is 1. The number of rotatable bonds is 7. The molecule has 2 aromatic heterocycles. The average molecular weight is 398 g/mol. The minimum absolute atomic E-state index is 0.198. The molecule has 3 aromatic rings. The van der Waals surface area contributed by atoms with Crippen molar-refractivity contribution in [1.82, 2.24) is 21.0 Å². The van der Waals surface area contributed by atoms with Gasteiger partial charge in [-0.05, 0) is 50.6 Å². The van der Waals surface area contributed by atoms with Crippen molar-refractivity contribution in [3.05, 3.63) is 53.3 Å². The van der Waals surface area contributed by atoms with Crippen LogP contribution in [0.5, 0.6) is 5.75 Å². The lowest BCUT2D eigenvalue weighted by Crippen LogP contribution is -2.41. The van der Waals surface area contributed by atoms with Crippen LogP contribution in [0.1, 0.15) is 40.6 Å². The molecule has 0 aliphatic rings. The molecule has 152 valence electrons. The molecule has 0 spiro atoms. The standard InChI is InChI=1S/C20H22N4O5/c1-12-11-16(13(2)28-12)20(26)23-22-17(25)5-4-6-18-21-19(24-29-18)14-7-9-15(27-3)10-8-14/h7-11H,4-6H2,1-3H3,(H,22,25)(H,23,26). The third-order valence-electron chi connectivity index (χ3n) is 4.21. The van der Waals surface area contributed by atoms with Gasteiger partial charge in [0, 0.05) is 18.4 Å². The summed E-state index contributed by atoms with van der Waals surface area (Å²) in [6, 6.07) is 8.93. The Morgan fingerprint density at radius 1 is 1.14 bits per heavy atom. The van der Waals surface area contributed by atoms with Crippen LogP contribution < -0.4 is 15.6 Å².